The first-order valence-corrected chi connectivity index (χ1v) is 6.16. The lowest BCUT2D eigenvalue weighted by Crippen LogP contribution is -1.89. The molecule has 0 saturated heterocycles. The van der Waals surface area contributed by atoms with Gasteiger partial charge in [-0.2, -0.15) is 0 Å². The summed E-state index contributed by atoms with van der Waals surface area (Å²) in [6.45, 7) is 0. The van der Waals surface area contributed by atoms with Crippen LogP contribution in [-0.4, -0.2) is 0 Å². The molecule has 1 nitrogen and oxygen atoms in total. The van der Waals surface area contributed by atoms with E-state index in [9.17, 15) is 0 Å². The molecule has 0 radical (unpaired) electrons. The van der Waals surface area contributed by atoms with Crippen LogP contribution in [0.25, 0.3) is 21.9 Å². The smallest absolute Gasteiger partial charge is 0.0426 e. The van der Waals surface area contributed by atoms with Gasteiger partial charge < -0.3 is 5.73 Å². The van der Waals surface area contributed by atoms with E-state index in [1.807, 2.05) is 24.3 Å². The SMILES string of the molecule is Nc1cc(Cl)ccc1-c1ccc2ccccc2c1. The van der Waals surface area contributed by atoms with Crippen LogP contribution in [0.2, 0.25) is 5.02 Å². The molecule has 0 unspecified atom stereocenters. The normalized spacial score (nSPS) is 10.7. The van der Waals surface area contributed by atoms with Crippen molar-refractivity contribution in [3.8, 4) is 11.1 Å². The van der Waals surface area contributed by atoms with E-state index in [2.05, 4.69) is 30.3 Å². The Bertz CT molecular complexity index is 719. The monoisotopic (exact) mass is 253 g/mol. The van der Waals surface area contributed by atoms with Crippen molar-refractivity contribution >= 4 is 28.1 Å². The fourth-order valence-electron chi connectivity index (χ4n) is 2.15. The predicted octanol–water partition coefficient (Wildman–Crippen LogP) is 4.74. The topological polar surface area (TPSA) is 26.0 Å². The maximum absolute atomic E-state index is 6.01. The average molecular weight is 254 g/mol. The molecule has 18 heavy (non-hydrogen) atoms. The van der Waals surface area contributed by atoms with Gasteiger partial charge in [-0.1, -0.05) is 54.1 Å². The van der Waals surface area contributed by atoms with Gasteiger partial charge in [0.2, 0.25) is 0 Å². The molecule has 0 spiro atoms. The Balaban J connectivity index is 2.19. The van der Waals surface area contributed by atoms with Crippen LogP contribution in [0.4, 0.5) is 5.69 Å². The molecule has 2 N–H and O–H groups in total. The molecule has 0 aliphatic rings. The molecule has 3 rings (SSSR count). The van der Waals surface area contributed by atoms with Gasteiger partial charge in [-0.15, -0.1) is 0 Å². The highest BCUT2D eigenvalue weighted by molar-refractivity contribution is 6.31. The fourth-order valence-corrected chi connectivity index (χ4v) is 2.33. The summed E-state index contributed by atoms with van der Waals surface area (Å²) >= 11 is 5.92. The third-order valence-electron chi connectivity index (χ3n) is 3.07. The quantitative estimate of drug-likeness (QED) is 0.623. The maximum atomic E-state index is 6.01. The van der Waals surface area contributed by atoms with Crippen molar-refractivity contribution in [1.29, 1.82) is 0 Å². The molecule has 3 aromatic carbocycles. The lowest BCUT2D eigenvalue weighted by atomic mass is 10.0. The largest absolute Gasteiger partial charge is 0.398 e. The van der Waals surface area contributed by atoms with Gasteiger partial charge in [0, 0.05) is 16.3 Å². The highest BCUT2D eigenvalue weighted by Crippen LogP contribution is 2.30. The number of halogens is 1. The molecule has 3 aromatic rings. The van der Waals surface area contributed by atoms with Gasteiger partial charge >= 0.3 is 0 Å². The van der Waals surface area contributed by atoms with E-state index in [-0.39, 0.29) is 0 Å². The summed E-state index contributed by atoms with van der Waals surface area (Å²) in [6.07, 6.45) is 0. The van der Waals surface area contributed by atoms with Gasteiger partial charge in [0.05, 0.1) is 0 Å². The average Bonchev–Trinajstić information content (AvgIpc) is 2.38. The molecular formula is C16H12ClN. The molecule has 2 heteroatoms. The van der Waals surface area contributed by atoms with E-state index in [4.69, 9.17) is 17.3 Å². The third kappa shape index (κ3) is 1.93. The van der Waals surface area contributed by atoms with Crippen molar-refractivity contribution in [3.05, 3.63) is 65.7 Å². The zero-order chi connectivity index (χ0) is 12.5. The Morgan fingerprint density at radius 1 is 0.778 bits per heavy atom. The zero-order valence-corrected chi connectivity index (χ0v) is 10.5. The molecule has 0 bridgehead atoms. The van der Waals surface area contributed by atoms with E-state index in [0.29, 0.717) is 10.7 Å². The predicted molar refractivity (Wildman–Crippen MR) is 78.8 cm³/mol. The Hall–Kier alpha value is -1.99. The number of fused-ring (bicyclic) bond motifs is 1. The second kappa shape index (κ2) is 4.35. The number of hydrogen-bond donors (Lipinski definition) is 1. The Morgan fingerprint density at radius 2 is 1.56 bits per heavy atom. The van der Waals surface area contributed by atoms with Gasteiger partial charge in [-0.3, -0.25) is 0 Å². The van der Waals surface area contributed by atoms with Crippen LogP contribution in [0.3, 0.4) is 0 Å². The molecule has 0 saturated carbocycles. The van der Waals surface area contributed by atoms with Gasteiger partial charge in [-0.25, -0.2) is 0 Å². The zero-order valence-electron chi connectivity index (χ0n) is 9.73. The number of anilines is 1. The Morgan fingerprint density at radius 3 is 2.33 bits per heavy atom. The summed E-state index contributed by atoms with van der Waals surface area (Å²) in [5.41, 5.74) is 8.85. The highest BCUT2D eigenvalue weighted by Gasteiger charge is 2.04. The number of rotatable bonds is 1. The molecule has 0 heterocycles. The van der Waals surface area contributed by atoms with Crippen molar-refractivity contribution in [2.75, 3.05) is 5.73 Å². The molecule has 88 valence electrons. The maximum Gasteiger partial charge on any atom is 0.0426 e. The van der Waals surface area contributed by atoms with Gasteiger partial charge in [0.25, 0.3) is 0 Å². The summed E-state index contributed by atoms with van der Waals surface area (Å²) < 4.78 is 0. The minimum Gasteiger partial charge on any atom is -0.398 e. The number of nitrogens with two attached hydrogens (primary N) is 1. The van der Waals surface area contributed by atoms with Crippen LogP contribution >= 0.6 is 11.6 Å². The van der Waals surface area contributed by atoms with Crippen molar-refractivity contribution in [2.45, 2.75) is 0 Å². The van der Waals surface area contributed by atoms with Crippen LogP contribution in [0.5, 0.6) is 0 Å². The molecule has 0 aliphatic heterocycles. The molecular weight excluding hydrogens is 242 g/mol. The van der Waals surface area contributed by atoms with E-state index in [0.717, 1.165) is 11.1 Å². The lowest BCUT2D eigenvalue weighted by Gasteiger charge is -2.07. The number of nitrogen functional groups attached to an aromatic ring is 1. The summed E-state index contributed by atoms with van der Waals surface area (Å²) in [4.78, 5) is 0. The van der Waals surface area contributed by atoms with Crippen LogP contribution in [0.15, 0.2) is 60.7 Å². The second-order valence-electron chi connectivity index (χ2n) is 4.29. The fraction of sp³-hybridized carbons (Fsp3) is 0. The van der Waals surface area contributed by atoms with Crippen LogP contribution in [0, 0.1) is 0 Å². The molecule has 0 amide bonds. The Labute approximate surface area is 111 Å². The van der Waals surface area contributed by atoms with E-state index in [1.165, 1.54) is 10.8 Å². The van der Waals surface area contributed by atoms with Crippen molar-refractivity contribution in [1.82, 2.24) is 0 Å². The number of benzene rings is 3. The summed E-state index contributed by atoms with van der Waals surface area (Å²) in [7, 11) is 0. The lowest BCUT2D eigenvalue weighted by molar-refractivity contribution is 1.63. The van der Waals surface area contributed by atoms with Crippen LogP contribution in [-0.2, 0) is 0 Å². The van der Waals surface area contributed by atoms with Gasteiger partial charge in [0.15, 0.2) is 0 Å². The first-order chi connectivity index (χ1) is 8.74. The summed E-state index contributed by atoms with van der Waals surface area (Å²) in [6, 6.07) is 20.2. The second-order valence-corrected chi connectivity index (χ2v) is 4.73. The molecule has 0 fully saturated rings. The standard InChI is InChI=1S/C16H12ClN/c17-14-7-8-15(16(18)10-14)13-6-5-11-3-1-2-4-12(11)9-13/h1-10H,18H2. The summed E-state index contributed by atoms with van der Waals surface area (Å²) in [5.74, 6) is 0. The van der Waals surface area contributed by atoms with Gasteiger partial charge in [0.1, 0.15) is 0 Å². The molecule has 0 atom stereocenters. The van der Waals surface area contributed by atoms with Crippen LogP contribution in [0.1, 0.15) is 0 Å². The van der Waals surface area contributed by atoms with E-state index in [1.54, 1.807) is 6.07 Å². The van der Waals surface area contributed by atoms with Crippen molar-refractivity contribution in [2.24, 2.45) is 0 Å². The third-order valence-corrected chi connectivity index (χ3v) is 3.31. The van der Waals surface area contributed by atoms with Crippen molar-refractivity contribution < 1.29 is 0 Å². The minimum absolute atomic E-state index is 0.664. The van der Waals surface area contributed by atoms with E-state index < -0.39 is 0 Å². The molecule has 0 aliphatic carbocycles. The highest BCUT2D eigenvalue weighted by atomic mass is 35.5. The first kappa shape index (κ1) is 11.1. The van der Waals surface area contributed by atoms with Crippen molar-refractivity contribution in [3.63, 3.8) is 0 Å². The summed E-state index contributed by atoms with van der Waals surface area (Å²) in [5, 5.41) is 3.11. The number of hydrogen-bond acceptors (Lipinski definition) is 1. The minimum atomic E-state index is 0.664. The Kier molecular flexibility index (Phi) is 2.69. The van der Waals surface area contributed by atoms with Crippen LogP contribution < -0.4 is 5.73 Å². The molecule has 0 aromatic heterocycles. The van der Waals surface area contributed by atoms with Gasteiger partial charge in [-0.05, 0) is 34.5 Å². The van der Waals surface area contributed by atoms with E-state index >= 15 is 0 Å². The first-order valence-electron chi connectivity index (χ1n) is 5.78.